The largest absolute Gasteiger partial charge is 0.461 e. The number of aromatic amines is 1. The molecule has 2 heterocycles. The minimum absolute atomic E-state index is 0.106. The summed E-state index contributed by atoms with van der Waals surface area (Å²) in [6.45, 7) is 2.81. The van der Waals surface area contributed by atoms with E-state index in [1.165, 1.54) is 13.3 Å². The fraction of sp³-hybridized carbons (Fsp3) is 0.478. The highest BCUT2D eigenvalue weighted by molar-refractivity contribution is 8.08. The van der Waals surface area contributed by atoms with Gasteiger partial charge in [-0.1, -0.05) is 18.2 Å². The molecule has 2 aromatic rings. The summed E-state index contributed by atoms with van der Waals surface area (Å²) in [6, 6.07) is 10.1. The van der Waals surface area contributed by atoms with Gasteiger partial charge in [0.05, 0.1) is 18.4 Å². The molecule has 0 aliphatic carbocycles. The number of hydrogen-bond donors (Lipinski definition) is 4. The van der Waals surface area contributed by atoms with Crippen LogP contribution in [0.25, 0.3) is 0 Å². The summed E-state index contributed by atoms with van der Waals surface area (Å²) in [5.41, 5.74) is -2.39. The first-order valence-corrected chi connectivity index (χ1v) is 14.1. The number of nitrogens with one attached hydrogen (secondary N) is 2. The van der Waals surface area contributed by atoms with E-state index in [0.29, 0.717) is 11.4 Å². The molecule has 1 saturated heterocycles. The lowest BCUT2D eigenvalue weighted by Gasteiger charge is -2.31. The van der Waals surface area contributed by atoms with E-state index in [4.69, 9.17) is 35.3 Å². The molecule has 4 N–H and O–H groups in total. The fourth-order valence-corrected chi connectivity index (χ4v) is 5.18. The molecule has 37 heavy (non-hydrogen) atoms. The average molecular weight is 558 g/mol. The van der Waals surface area contributed by atoms with Gasteiger partial charge in [0.2, 0.25) is 0 Å². The molecule has 0 spiro atoms. The first-order chi connectivity index (χ1) is 17.4. The van der Waals surface area contributed by atoms with Crippen molar-refractivity contribution in [2.24, 2.45) is 0 Å². The predicted octanol–water partition coefficient (Wildman–Crippen LogP) is 1.72. The molecule has 1 aromatic heterocycles. The van der Waals surface area contributed by atoms with Crippen molar-refractivity contribution in [3.05, 3.63) is 75.1 Å². The molecule has 5 atom stereocenters. The monoisotopic (exact) mass is 557 g/mol. The molecule has 0 bridgehead atoms. The van der Waals surface area contributed by atoms with Gasteiger partial charge in [0.1, 0.15) is 23.6 Å². The van der Waals surface area contributed by atoms with E-state index in [9.17, 15) is 19.6 Å². The van der Waals surface area contributed by atoms with Gasteiger partial charge in [-0.3, -0.25) is 14.3 Å². The highest BCUT2D eigenvalue weighted by atomic mass is 32.5. The zero-order chi connectivity index (χ0) is 27.4. The maximum absolute atomic E-state index is 12.3. The molecule has 1 unspecified atom stereocenters. The summed E-state index contributed by atoms with van der Waals surface area (Å²) in [4.78, 5) is 36.7. The van der Waals surface area contributed by atoms with E-state index in [-0.39, 0.29) is 18.7 Å². The second kappa shape index (κ2) is 11.9. The molecule has 12 nitrogen and oxygen atoms in total. The smallest absolute Gasteiger partial charge is 0.330 e. The van der Waals surface area contributed by atoms with E-state index in [0.717, 1.165) is 10.6 Å². The maximum atomic E-state index is 12.3. The van der Waals surface area contributed by atoms with Crippen molar-refractivity contribution in [3.8, 4) is 5.75 Å². The van der Waals surface area contributed by atoms with E-state index in [2.05, 4.69) is 10.1 Å². The van der Waals surface area contributed by atoms with Crippen LogP contribution in [0, 0.1) is 0 Å². The SMILES string of the molecule is CO[C@]1(C)[C@H](O)[C@@H](COP(O)(=S)NC(C)=C(Oc2ccccc2)OC(C)C)O[C@H]1n1ccc(=O)[nH]c1=O. The zero-order valence-corrected chi connectivity index (χ0v) is 22.8. The van der Waals surface area contributed by atoms with Crippen LogP contribution in [0.15, 0.2) is 63.8 Å². The maximum Gasteiger partial charge on any atom is 0.330 e. The molecule has 0 radical (unpaired) electrons. The van der Waals surface area contributed by atoms with Crippen LogP contribution in [0.2, 0.25) is 0 Å². The third kappa shape index (κ3) is 7.08. The molecule has 1 aliphatic rings. The van der Waals surface area contributed by atoms with E-state index >= 15 is 0 Å². The first kappa shape index (κ1) is 29.1. The molecular weight excluding hydrogens is 525 g/mol. The molecule has 14 heteroatoms. The quantitative estimate of drug-likeness (QED) is 0.236. The lowest BCUT2D eigenvalue weighted by molar-refractivity contribution is -0.121. The Morgan fingerprint density at radius 3 is 2.57 bits per heavy atom. The highest BCUT2D eigenvalue weighted by Gasteiger charge is 2.55. The fourth-order valence-electron chi connectivity index (χ4n) is 3.66. The number of nitrogens with zero attached hydrogens (tertiary/aromatic N) is 1. The number of aliphatic hydroxyl groups is 1. The number of benzene rings is 1. The van der Waals surface area contributed by atoms with Gasteiger partial charge in [0.25, 0.3) is 12.2 Å². The third-order valence-corrected chi connectivity index (χ3v) is 7.31. The lowest BCUT2D eigenvalue weighted by atomic mass is 9.96. The number of aliphatic hydroxyl groups excluding tert-OH is 1. The number of aromatic nitrogens is 2. The Morgan fingerprint density at radius 2 is 1.97 bits per heavy atom. The van der Waals surface area contributed by atoms with Crippen molar-refractivity contribution in [1.29, 1.82) is 0 Å². The molecule has 3 rings (SSSR count). The van der Waals surface area contributed by atoms with Crippen LogP contribution in [-0.4, -0.2) is 57.2 Å². The Kier molecular flexibility index (Phi) is 9.35. The van der Waals surface area contributed by atoms with Gasteiger partial charge >= 0.3 is 11.6 Å². The van der Waals surface area contributed by atoms with Crippen LogP contribution >= 0.6 is 6.64 Å². The third-order valence-electron chi connectivity index (χ3n) is 5.60. The van der Waals surface area contributed by atoms with Crippen molar-refractivity contribution in [1.82, 2.24) is 14.6 Å². The molecule has 0 amide bonds. The van der Waals surface area contributed by atoms with E-state index in [1.54, 1.807) is 38.1 Å². The van der Waals surface area contributed by atoms with Crippen molar-refractivity contribution in [2.45, 2.75) is 57.8 Å². The standard InChI is InChI=1S/C23H32N3O9PS/c1-14(2)33-20(34-16-9-7-6-8-10-16)15(3)25-36(30,37)32-13-17-19(28)23(4,31-5)21(35-17)26-12-11-18(27)24-22(26)29/h6-12,14,17,19,21,28H,13H2,1-5H3,(H,24,27,29)(H2,25,30,37)/t17-,19-,21-,23-,36?/m1/s1. The van der Waals surface area contributed by atoms with Crippen molar-refractivity contribution < 1.29 is 33.5 Å². The normalized spacial score (nSPS) is 25.9. The Morgan fingerprint density at radius 1 is 1.30 bits per heavy atom. The Balaban J connectivity index is 1.75. The van der Waals surface area contributed by atoms with Crippen molar-refractivity contribution in [2.75, 3.05) is 13.7 Å². The van der Waals surface area contributed by atoms with Crippen molar-refractivity contribution >= 4 is 18.4 Å². The van der Waals surface area contributed by atoms with Gasteiger partial charge in [-0.05, 0) is 51.6 Å². The Bertz CT molecular complexity index is 1270. The van der Waals surface area contributed by atoms with Crippen LogP contribution in [-0.2, 0) is 30.5 Å². The lowest BCUT2D eigenvalue weighted by Crippen LogP contribution is -2.48. The molecule has 1 aromatic carbocycles. The molecular formula is C23H32N3O9PS. The predicted molar refractivity (Wildman–Crippen MR) is 138 cm³/mol. The molecule has 1 fully saturated rings. The first-order valence-electron chi connectivity index (χ1n) is 11.4. The topological polar surface area (TPSA) is 154 Å². The zero-order valence-electron chi connectivity index (χ0n) is 21.1. The second-order valence-corrected chi connectivity index (χ2v) is 11.8. The Hall–Kier alpha value is -2.51. The Labute approximate surface area is 219 Å². The average Bonchev–Trinajstić information content (AvgIpc) is 3.08. The number of allylic oxidation sites excluding steroid dienone is 1. The van der Waals surface area contributed by atoms with E-state index in [1.807, 2.05) is 19.9 Å². The van der Waals surface area contributed by atoms with E-state index < -0.39 is 41.9 Å². The number of ether oxygens (including phenoxy) is 4. The summed E-state index contributed by atoms with van der Waals surface area (Å²) < 4.78 is 29.6. The van der Waals surface area contributed by atoms with Gasteiger partial charge in [-0.15, -0.1) is 0 Å². The van der Waals surface area contributed by atoms with Gasteiger partial charge in [-0.2, -0.15) is 0 Å². The summed E-state index contributed by atoms with van der Waals surface area (Å²) >= 11 is 5.26. The number of para-hydroxylation sites is 1. The van der Waals surface area contributed by atoms with Crippen LogP contribution in [0.5, 0.6) is 5.75 Å². The van der Waals surface area contributed by atoms with Gasteiger partial charge in [-0.25, -0.2) is 4.79 Å². The van der Waals surface area contributed by atoms with Gasteiger partial charge in [0, 0.05) is 19.4 Å². The summed E-state index contributed by atoms with van der Waals surface area (Å²) in [5, 5.41) is 13.7. The summed E-state index contributed by atoms with van der Waals surface area (Å²) in [5.74, 6) is 0.631. The minimum atomic E-state index is -3.67. The van der Waals surface area contributed by atoms with Crippen LogP contribution in [0.4, 0.5) is 0 Å². The number of rotatable bonds is 11. The summed E-state index contributed by atoms with van der Waals surface area (Å²) in [6.07, 6.45) is -2.37. The molecule has 1 aliphatic heterocycles. The highest BCUT2D eigenvalue weighted by Crippen LogP contribution is 2.44. The molecule has 204 valence electrons. The minimum Gasteiger partial charge on any atom is -0.461 e. The van der Waals surface area contributed by atoms with Gasteiger partial charge < -0.3 is 38.6 Å². The number of hydrogen-bond acceptors (Lipinski definition) is 9. The van der Waals surface area contributed by atoms with Crippen LogP contribution in [0.3, 0.4) is 0 Å². The van der Waals surface area contributed by atoms with Gasteiger partial charge in [0.15, 0.2) is 6.23 Å². The van der Waals surface area contributed by atoms with Crippen LogP contribution in [0.1, 0.15) is 33.9 Å². The summed E-state index contributed by atoms with van der Waals surface area (Å²) in [7, 11) is 1.36. The van der Waals surface area contributed by atoms with Crippen molar-refractivity contribution in [3.63, 3.8) is 0 Å². The van der Waals surface area contributed by atoms with Crippen LogP contribution < -0.4 is 21.1 Å². The number of H-pyrrole nitrogens is 1. The second-order valence-electron chi connectivity index (χ2n) is 8.80. The molecule has 0 saturated carbocycles. The number of methoxy groups -OCH3 is 1.